The summed E-state index contributed by atoms with van der Waals surface area (Å²) in [5.41, 5.74) is 2.96. The van der Waals surface area contributed by atoms with Crippen molar-refractivity contribution >= 4 is 5.97 Å². The molecular weight excluding hydrogens is 230 g/mol. The van der Waals surface area contributed by atoms with Crippen molar-refractivity contribution in [2.75, 3.05) is 0 Å². The molecule has 2 rings (SSSR count). The quantitative estimate of drug-likeness (QED) is 0.859. The summed E-state index contributed by atoms with van der Waals surface area (Å²) in [6, 6.07) is 9.15. The number of pyridine rings is 1. The number of hydrogen-bond acceptors (Lipinski definition) is 3. The zero-order chi connectivity index (χ0) is 13.0. The normalized spacial score (nSPS) is 10.3. The van der Waals surface area contributed by atoms with Gasteiger partial charge in [-0.25, -0.2) is 4.79 Å². The second-order valence-corrected chi connectivity index (χ2v) is 4.04. The van der Waals surface area contributed by atoms with Crippen molar-refractivity contribution in [1.29, 1.82) is 0 Å². The summed E-state index contributed by atoms with van der Waals surface area (Å²) in [7, 11) is 0. The summed E-state index contributed by atoms with van der Waals surface area (Å²) in [4.78, 5) is 14.7. The molecular formula is C14H13NO3. The van der Waals surface area contributed by atoms with Gasteiger partial charge in [0.1, 0.15) is 0 Å². The minimum absolute atomic E-state index is 0.0241. The lowest BCUT2D eigenvalue weighted by molar-refractivity contribution is 0.0696. The van der Waals surface area contributed by atoms with Gasteiger partial charge in [0, 0.05) is 12.4 Å². The summed E-state index contributed by atoms with van der Waals surface area (Å²) in [6.45, 7) is 0.0241. The third-order valence-electron chi connectivity index (χ3n) is 2.66. The number of carbonyl (C=O) groups is 1. The Balaban J connectivity index is 2.17. The average Bonchev–Trinajstić information content (AvgIpc) is 2.40. The lowest BCUT2D eigenvalue weighted by Gasteiger charge is -2.03. The monoisotopic (exact) mass is 243 g/mol. The molecule has 2 aromatic rings. The van der Waals surface area contributed by atoms with Gasteiger partial charge in [-0.15, -0.1) is 0 Å². The molecule has 0 spiro atoms. The zero-order valence-corrected chi connectivity index (χ0v) is 9.71. The molecule has 1 heterocycles. The Bertz CT molecular complexity index is 549. The van der Waals surface area contributed by atoms with Crippen LogP contribution in [-0.2, 0) is 13.0 Å². The molecule has 1 aromatic heterocycles. The lowest BCUT2D eigenvalue weighted by atomic mass is 10.0. The number of aromatic carboxylic acids is 1. The first-order valence-electron chi connectivity index (χ1n) is 5.55. The number of aromatic nitrogens is 1. The molecule has 0 fully saturated rings. The molecule has 18 heavy (non-hydrogen) atoms. The van der Waals surface area contributed by atoms with Gasteiger partial charge in [-0.3, -0.25) is 4.98 Å². The van der Waals surface area contributed by atoms with E-state index in [4.69, 9.17) is 10.2 Å². The van der Waals surface area contributed by atoms with Crippen LogP contribution < -0.4 is 0 Å². The highest BCUT2D eigenvalue weighted by molar-refractivity contribution is 5.87. The van der Waals surface area contributed by atoms with Crippen molar-refractivity contribution in [2.24, 2.45) is 0 Å². The van der Waals surface area contributed by atoms with Crippen molar-refractivity contribution < 1.29 is 15.0 Å². The fraction of sp³-hybridized carbons (Fsp3) is 0.143. The number of benzene rings is 1. The van der Waals surface area contributed by atoms with E-state index in [0.717, 1.165) is 16.7 Å². The molecule has 0 unspecified atom stereocenters. The van der Waals surface area contributed by atoms with Gasteiger partial charge in [-0.05, 0) is 29.2 Å². The van der Waals surface area contributed by atoms with Crippen LogP contribution in [0.1, 0.15) is 27.0 Å². The van der Waals surface area contributed by atoms with Crippen LogP contribution in [0.15, 0.2) is 42.7 Å². The molecule has 0 bridgehead atoms. The Hall–Kier alpha value is -2.20. The Morgan fingerprint density at radius 2 is 1.72 bits per heavy atom. The van der Waals surface area contributed by atoms with Gasteiger partial charge in [0.15, 0.2) is 0 Å². The van der Waals surface area contributed by atoms with Crippen LogP contribution in [0.5, 0.6) is 0 Å². The SMILES string of the molecule is O=C(O)c1cncc(Cc2ccc(CO)cc2)c1. The van der Waals surface area contributed by atoms with E-state index in [-0.39, 0.29) is 12.2 Å². The van der Waals surface area contributed by atoms with Crippen LogP contribution in [0, 0.1) is 0 Å². The molecule has 0 aliphatic heterocycles. The number of hydrogen-bond donors (Lipinski definition) is 2. The Morgan fingerprint density at radius 1 is 1.06 bits per heavy atom. The Labute approximate surface area is 105 Å². The number of carboxylic acid groups (broad SMARTS) is 1. The molecule has 92 valence electrons. The standard InChI is InChI=1S/C14H13NO3/c16-9-11-3-1-10(2-4-11)5-12-6-13(14(17)18)8-15-7-12/h1-4,6-8,16H,5,9H2,(H,17,18). The molecule has 0 saturated carbocycles. The minimum atomic E-state index is -0.972. The highest BCUT2D eigenvalue weighted by Crippen LogP contribution is 2.11. The molecule has 4 nitrogen and oxygen atoms in total. The van der Waals surface area contributed by atoms with Crippen LogP contribution >= 0.6 is 0 Å². The van der Waals surface area contributed by atoms with Gasteiger partial charge in [-0.1, -0.05) is 24.3 Å². The average molecular weight is 243 g/mol. The number of aliphatic hydroxyl groups is 1. The van der Waals surface area contributed by atoms with Crippen LogP contribution in [0.4, 0.5) is 0 Å². The largest absolute Gasteiger partial charge is 0.478 e. The molecule has 0 amide bonds. The second kappa shape index (κ2) is 5.42. The van der Waals surface area contributed by atoms with E-state index in [1.807, 2.05) is 24.3 Å². The van der Waals surface area contributed by atoms with E-state index in [0.29, 0.717) is 6.42 Å². The van der Waals surface area contributed by atoms with E-state index in [1.54, 1.807) is 12.3 Å². The van der Waals surface area contributed by atoms with E-state index in [1.165, 1.54) is 6.20 Å². The lowest BCUT2D eigenvalue weighted by Crippen LogP contribution is -1.99. The summed E-state index contributed by atoms with van der Waals surface area (Å²) in [5.74, 6) is -0.972. The van der Waals surface area contributed by atoms with Crippen LogP contribution in [-0.4, -0.2) is 21.2 Å². The Kier molecular flexibility index (Phi) is 3.69. The highest BCUT2D eigenvalue weighted by Gasteiger charge is 2.04. The molecule has 2 N–H and O–H groups in total. The molecule has 0 aliphatic rings. The maximum Gasteiger partial charge on any atom is 0.337 e. The first kappa shape index (κ1) is 12.3. The molecule has 1 aromatic carbocycles. The molecule has 0 aliphatic carbocycles. The van der Waals surface area contributed by atoms with Gasteiger partial charge < -0.3 is 10.2 Å². The predicted octanol–water partition coefficient (Wildman–Crippen LogP) is 1.86. The van der Waals surface area contributed by atoms with Gasteiger partial charge in [0.25, 0.3) is 0 Å². The van der Waals surface area contributed by atoms with Gasteiger partial charge in [0.05, 0.1) is 12.2 Å². The zero-order valence-electron chi connectivity index (χ0n) is 9.71. The maximum absolute atomic E-state index is 10.8. The fourth-order valence-corrected chi connectivity index (χ4v) is 1.70. The van der Waals surface area contributed by atoms with E-state index >= 15 is 0 Å². The third-order valence-corrected chi connectivity index (χ3v) is 2.66. The summed E-state index contributed by atoms with van der Waals surface area (Å²) in [5, 5.41) is 17.8. The molecule has 0 atom stereocenters. The van der Waals surface area contributed by atoms with Crippen molar-refractivity contribution in [2.45, 2.75) is 13.0 Å². The summed E-state index contributed by atoms with van der Waals surface area (Å²) >= 11 is 0. The van der Waals surface area contributed by atoms with E-state index in [9.17, 15) is 4.79 Å². The first-order valence-corrected chi connectivity index (χ1v) is 5.55. The summed E-state index contributed by atoms with van der Waals surface area (Å²) in [6.07, 6.45) is 3.62. The minimum Gasteiger partial charge on any atom is -0.478 e. The van der Waals surface area contributed by atoms with Crippen molar-refractivity contribution in [3.8, 4) is 0 Å². The number of rotatable bonds is 4. The van der Waals surface area contributed by atoms with Crippen LogP contribution in [0.3, 0.4) is 0 Å². The topological polar surface area (TPSA) is 70.4 Å². The van der Waals surface area contributed by atoms with Crippen LogP contribution in [0.25, 0.3) is 0 Å². The van der Waals surface area contributed by atoms with Crippen molar-refractivity contribution in [3.63, 3.8) is 0 Å². The van der Waals surface area contributed by atoms with Crippen molar-refractivity contribution in [1.82, 2.24) is 4.98 Å². The van der Waals surface area contributed by atoms with E-state index < -0.39 is 5.97 Å². The number of carboxylic acids is 1. The van der Waals surface area contributed by atoms with Gasteiger partial charge >= 0.3 is 5.97 Å². The van der Waals surface area contributed by atoms with Gasteiger partial charge in [-0.2, -0.15) is 0 Å². The van der Waals surface area contributed by atoms with Gasteiger partial charge in [0.2, 0.25) is 0 Å². The first-order chi connectivity index (χ1) is 8.69. The van der Waals surface area contributed by atoms with Crippen LogP contribution in [0.2, 0.25) is 0 Å². The Morgan fingerprint density at radius 3 is 2.33 bits per heavy atom. The molecule has 0 saturated heterocycles. The second-order valence-electron chi connectivity index (χ2n) is 4.04. The molecule has 4 heteroatoms. The maximum atomic E-state index is 10.8. The fourth-order valence-electron chi connectivity index (χ4n) is 1.70. The predicted molar refractivity (Wildman–Crippen MR) is 66.4 cm³/mol. The number of nitrogens with zero attached hydrogens (tertiary/aromatic N) is 1. The highest BCUT2D eigenvalue weighted by atomic mass is 16.4. The molecule has 0 radical (unpaired) electrons. The smallest absolute Gasteiger partial charge is 0.337 e. The van der Waals surface area contributed by atoms with Crippen molar-refractivity contribution in [3.05, 3.63) is 65.0 Å². The van der Waals surface area contributed by atoms with E-state index in [2.05, 4.69) is 4.98 Å². The summed E-state index contributed by atoms with van der Waals surface area (Å²) < 4.78 is 0. The number of aliphatic hydroxyl groups excluding tert-OH is 1. The third kappa shape index (κ3) is 2.93.